The number of methoxy groups -OCH3 is 1. The molecule has 0 saturated heterocycles. The van der Waals surface area contributed by atoms with E-state index in [-0.39, 0.29) is 12.6 Å². The number of carbonyl (C=O) groups excluding carboxylic acids is 1. The lowest BCUT2D eigenvalue weighted by Gasteiger charge is -2.08. The summed E-state index contributed by atoms with van der Waals surface area (Å²) in [5.74, 6) is -0.909. The molecule has 0 fully saturated rings. The summed E-state index contributed by atoms with van der Waals surface area (Å²) in [6, 6.07) is 3.77. The summed E-state index contributed by atoms with van der Waals surface area (Å²) in [4.78, 5) is 13.2. The molecular formula is C9H12O3S. The van der Waals surface area contributed by atoms with Crippen LogP contribution in [-0.4, -0.2) is 24.8 Å². The minimum atomic E-state index is -0.524. The van der Waals surface area contributed by atoms with Gasteiger partial charge in [0, 0.05) is 9.75 Å². The summed E-state index contributed by atoms with van der Waals surface area (Å²) >= 11 is 1.50. The number of thiophene rings is 1. The lowest BCUT2D eigenvalue weighted by atomic mass is 10.1. The number of carbonyl (C=O) groups is 1. The Labute approximate surface area is 81.0 Å². The fourth-order valence-electron chi connectivity index (χ4n) is 1.06. The second kappa shape index (κ2) is 4.39. The van der Waals surface area contributed by atoms with Crippen molar-refractivity contribution < 1.29 is 14.6 Å². The van der Waals surface area contributed by atoms with Crippen molar-refractivity contribution in [3.63, 3.8) is 0 Å². The number of esters is 1. The molecule has 0 aliphatic rings. The molecule has 0 aliphatic heterocycles. The molecule has 1 heterocycles. The van der Waals surface area contributed by atoms with Gasteiger partial charge in [-0.25, -0.2) is 0 Å². The van der Waals surface area contributed by atoms with E-state index in [1.165, 1.54) is 18.4 Å². The van der Waals surface area contributed by atoms with Gasteiger partial charge in [0.05, 0.1) is 13.7 Å². The highest BCUT2D eigenvalue weighted by Crippen LogP contribution is 2.24. The molecule has 3 nitrogen and oxygen atoms in total. The summed E-state index contributed by atoms with van der Waals surface area (Å²) in [6.07, 6.45) is 0. The quantitative estimate of drug-likeness (QED) is 0.748. The number of rotatable bonds is 3. The van der Waals surface area contributed by atoms with E-state index in [9.17, 15) is 4.79 Å². The summed E-state index contributed by atoms with van der Waals surface area (Å²) in [5, 5.41) is 9.00. The van der Waals surface area contributed by atoms with Crippen LogP contribution >= 0.6 is 11.3 Å². The van der Waals surface area contributed by atoms with Gasteiger partial charge in [0.15, 0.2) is 0 Å². The van der Waals surface area contributed by atoms with Gasteiger partial charge in [-0.2, -0.15) is 0 Å². The Morgan fingerprint density at radius 2 is 2.38 bits per heavy atom. The zero-order valence-corrected chi connectivity index (χ0v) is 8.43. The maximum atomic E-state index is 11.2. The predicted molar refractivity (Wildman–Crippen MR) is 50.9 cm³/mol. The van der Waals surface area contributed by atoms with Crippen LogP contribution in [-0.2, 0) is 9.53 Å². The summed E-state index contributed by atoms with van der Waals surface area (Å²) < 4.78 is 4.57. The van der Waals surface area contributed by atoms with Crippen LogP contribution in [0.25, 0.3) is 0 Å². The van der Waals surface area contributed by atoms with E-state index in [4.69, 9.17) is 5.11 Å². The third-order valence-electron chi connectivity index (χ3n) is 1.77. The topological polar surface area (TPSA) is 46.5 Å². The van der Waals surface area contributed by atoms with Crippen LogP contribution in [0, 0.1) is 6.92 Å². The van der Waals surface area contributed by atoms with E-state index in [0.717, 1.165) is 9.75 Å². The molecule has 1 atom stereocenters. The SMILES string of the molecule is COC(=O)C(CO)c1ccc(C)s1. The predicted octanol–water partition coefficient (Wildman–Crippen LogP) is 1.31. The summed E-state index contributed by atoms with van der Waals surface area (Å²) in [6.45, 7) is 1.76. The fourth-order valence-corrected chi connectivity index (χ4v) is 2.02. The van der Waals surface area contributed by atoms with Gasteiger partial charge in [-0.05, 0) is 19.1 Å². The van der Waals surface area contributed by atoms with E-state index < -0.39 is 5.92 Å². The van der Waals surface area contributed by atoms with Gasteiger partial charge in [-0.3, -0.25) is 4.79 Å². The minimum Gasteiger partial charge on any atom is -0.468 e. The summed E-state index contributed by atoms with van der Waals surface area (Å²) in [5.41, 5.74) is 0. The lowest BCUT2D eigenvalue weighted by Crippen LogP contribution is -2.16. The second-order valence-electron chi connectivity index (χ2n) is 2.71. The molecule has 4 heteroatoms. The van der Waals surface area contributed by atoms with Crippen LogP contribution in [0.15, 0.2) is 12.1 Å². The molecular weight excluding hydrogens is 188 g/mol. The number of ether oxygens (including phenoxy) is 1. The van der Waals surface area contributed by atoms with Gasteiger partial charge < -0.3 is 9.84 Å². The van der Waals surface area contributed by atoms with Crippen molar-refractivity contribution in [2.75, 3.05) is 13.7 Å². The zero-order chi connectivity index (χ0) is 9.84. The molecule has 1 aromatic rings. The Morgan fingerprint density at radius 1 is 1.69 bits per heavy atom. The Kier molecular flexibility index (Phi) is 3.45. The Morgan fingerprint density at radius 3 is 2.77 bits per heavy atom. The van der Waals surface area contributed by atoms with Gasteiger partial charge in [0.25, 0.3) is 0 Å². The number of aryl methyl sites for hydroxylation is 1. The van der Waals surface area contributed by atoms with E-state index in [0.29, 0.717) is 0 Å². The molecule has 0 saturated carbocycles. The third kappa shape index (κ3) is 2.29. The molecule has 0 spiro atoms. The highest BCUT2D eigenvalue weighted by molar-refractivity contribution is 7.12. The minimum absolute atomic E-state index is 0.202. The Hall–Kier alpha value is -0.870. The monoisotopic (exact) mass is 200 g/mol. The average molecular weight is 200 g/mol. The molecule has 0 aromatic carbocycles. The zero-order valence-electron chi connectivity index (χ0n) is 7.61. The number of hydrogen-bond acceptors (Lipinski definition) is 4. The van der Waals surface area contributed by atoms with Crippen molar-refractivity contribution in [3.05, 3.63) is 21.9 Å². The molecule has 13 heavy (non-hydrogen) atoms. The maximum Gasteiger partial charge on any atom is 0.316 e. The van der Waals surface area contributed by atoms with Crippen molar-refractivity contribution in [2.24, 2.45) is 0 Å². The first-order valence-electron chi connectivity index (χ1n) is 3.94. The molecule has 1 unspecified atom stereocenters. The number of aliphatic hydroxyl groups is 1. The smallest absolute Gasteiger partial charge is 0.316 e. The van der Waals surface area contributed by atoms with Crippen molar-refractivity contribution >= 4 is 17.3 Å². The fraction of sp³-hybridized carbons (Fsp3) is 0.444. The summed E-state index contributed by atoms with van der Waals surface area (Å²) in [7, 11) is 1.32. The normalized spacial score (nSPS) is 12.5. The van der Waals surface area contributed by atoms with Crippen molar-refractivity contribution in [2.45, 2.75) is 12.8 Å². The molecule has 1 N–H and O–H groups in total. The van der Waals surface area contributed by atoms with Crippen LogP contribution < -0.4 is 0 Å². The average Bonchev–Trinajstić information content (AvgIpc) is 2.53. The molecule has 1 aromatic heterocycles. The van der Waals surface area contributed by atoms with Gasteiger partial charge in [-0.15, -0.1) is 11.3 Å². The molecule has 0 bridgehead atoms. The second-order valence-corrected chi connectivity index (χ2v) is 4.03. The van der Waals surface area contributed by atoms with Crippen LogP contribution in [0.4, 0.5) is 0 Å². The molecule has 0 amide bonds. The van der Waals surface area contributed by atoms with Gasteiger partial charge >= 0.3 is 5.97 Å². The van der Waals surface area contributed by atoms with E-state index in [1.54, 1.807) is 0 Å². The standard InChI is InChI=1S/C9H12O3S/c1-6-3-4-8(13-6)7(5-10)9(11)12-2/h3-4,7,10H,5H2,1-2H3. The number of hydrogen-bond donors (Lipinski definition) is 1. The Balaban J connectivity index is 2.84. The molecule has 72 valence electrons. The van der Waals surface area contributed by atoms with Gasteiger partial charge in [-0.1, -0.05) is 0 Å². The van der Waals surface area contributed by atoms with Crippen molar-refractivity contribution in [3.8, 4) is 0 Å². The largest absolute Gasteiger partial charge is 0.468 e. The first-order valence-corrected chi connectivity index (χ1v) is 4.75. The van der Waals surface area contributed by atoms with Crippen LogP contribution in [0.2, 0.25) is 0 Å². The van der Waals surface area contributed by atoms with Crippen LogP contribution in [0.1, 0.15) is 15.7 Å². The van der Waals surface area contributed by atoms with E-state index in [1.807, 2.05) is 19.1 Å². The van der Waals surface area contributed by atoms with Crippen molar-refractivity contribution in [1.29, 1.82) is 0 Å². The van der Waals surface area contributed by atoms with E-state index >= 15 is 0 Å². The molecule has 0 radical (unpaired) electrons. The van der Waals surface area contributed by atoms with Crippen molar-refractivity contribution in [1.82, 2.24) is 0 Å². The Bertz CT molecular complexity index is 293. The van der Waals surface area contributed by atoms with Crippen LogP contribution in [0.3, 0.4) is 0 Å². The lowest BCUT2D eigenvalue weighted by molar-refractivity contribution is -0.143. The van der Waals surface area contributed by atoms with Gasteiger partial charge in [0.2, 0.25) is 0 Å². The third-order valence-corrected chi connectivity index (χ3v) is 2.89. The van der Waals surface area contributed by atoms with Crippen LogP contribution in [0.5, 0.6) is 0 Å². The first-order chi connectivity index (χ1) is 6.19. The van der Waals surface area contributed by atoms with Gasteiger partial charge in [0.1, 0.15) is 5.92 Å². The molecule has 0 aliphatic carbocycles. The maximum absolute atomic E-state index is 11.2. The highest BCUT2D eigenvalue weighted by Gasteiger charge is 2.21. The molecule has 1 rings (SSSR count). The van der Waals surface area contributed by atoms with E-state index in [2.05, 4.69) is 4.74 Å². The number of aliphatic hydroxyl groups excluding tert-OH is 1. The first kappa shape index (κ1) is 10.2. The highest BCUT2D eigenvalue weighted by atomic mass is 32.1.